The summed E-state index contributed by atoms with van der Waals surface area (Å²) in [5.41, 5.74) is -0.500. The maximum Gasteiger partial charge on any atom is 0.310 e. The number of benzene rings is 1. The minimum atomic E-state index is -3.73. The van der Waals surface area contributed by atoms with Gasteiger partial charge >= 0.3 is 5.69 Å². The van der Waals surface area contributed by atoms with Crippen LogP contribution in [0, 0.1) is 10.1 Å². The normalized spacial score (nSPS) is 14.9. The second kappa shape index (κ2) is 6.30. The molecule has 1 fully saturated rings. The van der Waals surface area contributed by atoms with E-state index in [1.165, 1.54) is 18.2 Å². The molecule has 1 amide bonds. The number of nitro groups is 1. The molecule has 0 spiro atoms. The zero-order chi connectivity index (χ0) is 16.3. The van der Waals surface area contributed by atoms with Crippen molar-refractivity contribution in [3.05, 3.63) is 28.3 Å². The van der Waals surface area contributed by atoms with E-state index in [1.807, 2.05) is 0 Å². The van der Waals surface area contributed by atoms with Gasteiger partial charge in [-0.2, -0.15) is 0 Å². The summed E-state index contributed by atoms with van der Waals surface area (Å²) in [5.74, 6) is -0.156. The highest BCUT2D eigenvalue weighted by molar-refractivity contribution is 7.90. The highest BCUT2D eigenvalue weighted by atomic mass is 32.2. The van der Waals surface area contributed by atoms with E-state index in [2.05, 4.69) is 5.32 Å². The van der Waals surface area contributed by atoms with Gasteiger partial charge in [0.1, 0.15) is 10.6 Å². The Bertz CT molecular complexity index is 696. The van der Waals surface area contributed by atoms with Gasteiger partial charge in [0.25, 0.3) is 0 Å². The van der Waals surface area contributed by atoms with Gasteiger partial charge in [-0.05, 0) is 25.0 Å². The Kier molecular flexibility index (Phi) is 4.65. The van der Waals surface area contributed by atoms with Crippen LogP contribution in [0.25, 0.3) is 0 Å². The molecule has 1 aliphatic rings. The average Bonchev–Trinajstić information content (AvgIpc) is 2.97. The molecule has 1 N–H and O–H groups in total. The van der Waals surface area contributed by atoms with Crippen LogP contribution in [0.15, 0.2) is 23.1 Å². The Morgan fingerprint density at radius 1 is 1.36 bits per heavy atom. The molecule has 0 unspecified atom stereocenters. The van der Waals surface area contributed by atoms with Crippen LogP contribution in [-0.4, -0.2) is 50.0 Å². The fourth-order valence-electron chi connectivity index (χ4n) is 2.40. The van der Waals surface area contributed by atoms with Crippen molar-refractivity contribution in [3.63, 3.8) is 0 Å². The van der Waals surface area contributed by atoms with Gasteiger partial charge in [-0.15, -0.1) is 0 Å². The average molecular weight is 327 g/mol. The van der Waals surface area contributed by atoms with Crippen LogP contribution in [-0.2, 0) is 14.6 Å². The number of para-hydroxylation sites is 1. The third-order valence-electron chi connectivity index (χ3n) is 3.47. The number of nitro benzene ring substituents is 1. The molecule has 0 aromatic heterocycles. The Morgan fingerprint density at radius 2 is 2.00 bits per heavy atom. The van der Waals surface area contributed by atoms with E-state index in [9.17, 15) is 23.3 Å². The van der Waals surface area contributed by atoms with Crippen molar-refractivity contribution in [2.75, 3.05) is 31.2 Å². The number of anilines is 1. The number of nitrogens with one attached hydrogen (secondary N) is 1. The van der Waals surface area contributed by atoms with Crippen molar-refractivity contribution in [1.82, 2.24) is 4.90 Å². The first kappa shape index (κ1) is 16.2. The molecule has 22 heavy (non-hydrogen) atoms. The minimum Gasteiger partial charge on any atom is -0.371 e. The van der Waals surface area contributed by atoms with Crippen LogP contribution in [0.5, 0.6) is 0 Å². The first-order valence-electron chi connectivity index (χ1n) is 6.80. The van der Waals surface area contributed by atoms with Crippen molar-refractivity contribution in [2.24, 2.45) is 0 Å². The maximum atomic E-state index is 12.0. The number of amides is 1. The maximum absolute atomic E-state index is 12.0. The molecule has 1 heterocycles. The van der Waals surface area contributed by atoms with Crippen molar-refractivity contribution in [1.29, 1.82) is 0 Å². The second-order valence-corrected chi connectivity index (χ2v) is 7.11. The minimum absolute atomic E-state index is 0.0282. The number of nitrogens with zero attached hydrogens (tertiary/aromatic N) is 2. The topological polar surface area (TPSA) is 110 Å². The summed E-state index contributed by atoms with van der Waals surface area (Å²) in [4.78, 5) is 23.7. The largest absolute Gasteiger partial charge is 0.371 e. The third kappa shape index (κ3) is 3.53. The summed E-state index contributed by atoms with van der Waals surface area (Å²) in [7, 11) is -3.73. The number of carbonyl (C=O) groups is 1. The van der Waals surface area contributed by atoms with E-state index in [4.69, 9.17) is 0 Å². The summed E-state index contributed by atoms with van der Waals surface area (Å²) in [6.45, 7) is 1.27. The number of carbonyl (C=O) groups excluding carboxylic acids is 1. The van der Waals surface area contributed by atoms with Crippen LogP contribution >= 0.6 is 0 Å². The van der Waals surface area contributed by atoms with E-state index < -0.39 is 20.4 Å². The molecule has 0 bridgehead atoms. The van der Waals surface area contributed by atoms with Crippen molar-refractivity contribution in [3.8, 4) is 0 Å². The Hall–Kier alpha value is -2.16. The highest BCUT2D eigenvalue weighted by Gasteiger charge is 2.26. The number of rotatable bonds is 5. The summed E-state index contributed by atoms with van der Waals surface area (Å²) in [6.07, 6.45) is 2.82. The molecular weight excluding hydrogens is 310 g/mol. The first-order chi connectivity index (χ1) is 10.3. The summed E-state index contributed by atoms with van der Waals surface area (Å²) >= 11 is 0. The predicted octanol–water partition coefficient (Wildman–Crippen LogP) is 1.03. The molecule has 1 aromatic rings. The van der Waals surface area contributed by atoms with E-state index in [-0.39, 0.29) is 23.0 Å². The highest BCUT2D eigenvalue weighted by Crippen LogP contribution is 2.31. The van der Waals surface area contributed by atoms with Gasteiger partial charge in [0.05, 0.1) is 11.5 Å². The molecule has 0 saturated carbocycles. The lowest BCUT2D eigenvalue weighted by Crippen LogP contribution is -2.33. The molecule has 2 rings (SSSR count). The number of hydrogen-bond acceptors (Lipinski definition) is 6. The van der Waals surface area contributed by atoms with Crippen molar-refractivity contribution in [2.45, 2.75) is 17.7 Å². The Labute approximate surface area is 128 Å². The zero-order valence-corrected chi connectivity index (χ0v) is 12.9. The number of hydrogen-bond donors (Lipinski definition) is 1. The first-order valence-corrected chi connectivity index (χ1v) is 8.69. The van der Waals surface area contributed by atoms with E-state index in [0.717, 1.165) is 19.1 Å². The lowest BCUT2D eigenvalue weighted by molar-refractivity contribution is -0.386. The number of likely N-dealkylation sites (tertiary alicyclic amines) is 1. The fraction of sp³-hybridized carbons (Fsp3) is 0.462. The zero-order valence-electron chi connectivity index (χ0n) is 12.1. The van der Waals surface area contributed by atoms with Crippen LogP contribution in [0.1, 0.15) is 12.8 Å². The lowest BCUT2D eigenvalue weighted by Gasteiger charge is -2.16. The molecule has 9 heteroatoms. The van der Waals surface area contributed by atoms with Crippen molar-refractivity contribution < 1.29 is 18.1 Å². The molecule has 0 radical (unpaired) electrons. The van der Waals surface area contributed by atoms with E-state index in [1.54, 1.807) is 4.90 Å². The van der Waals surface area contributed by atoms with Crippen LogP contribution in [0.4, 0.5) is 11.4 Å². The lowest BCUT2D eigenvalue weighted by atomic mass is 10.2. The van der Waals surface area contributed by atoms with Crippen molar-refractivity contribution >= 4 is 27.1 Å². The quantitative estimate of drug-likeness (QED) is 0.639. The van der Waals surface area contributed by atoms with Gasteiger partial charge in [0.15, 0.2) is 9.84 Å². The molecule has 8 nitrogen and oxygen atoms in total. The summed E-state index contributed by atoms with van der Waals surface area (Å²) < 4.78 is 23.3. The molecule has 0 atom stereocenters. The summed E-state index contributed by atoms with van der Waals surface area (Å²) in [6, 6.07) is 3.98. The SMILES string of the molecule is CS(=O)(=O)c1cccc(NCC(=O)N2CCCC2)c1[N+](=O)[O-]. The molecule has 120 valence electrons. The van der Waals surface area contributed by atoms with Crippen LogP contribution in [0.3, 0.4) is 0 Å². The second-order valence-electron chi connectivity index (χ2n) is 5.12. The fourth-order valence-corrected chi connectivity index (χ4v) is 3.26. The Morgan fingerprint density at radius 3 is 2.55 bits per heavy atom. The molecule has 1 aliphatic heterocycles. The predicted molar refractivity (Wildman–Crippen MR) is 80.5 cm³/mol. The van der Waals surface area contributed by atoms with E-state index in [0.29, 0.717) is 13.1 Å². The molecule has 1 saturated heterocycles. The van der Waals surface area contributed by atoms with Crippen LogP contribution < -0.4 is 5.32 Å². The summed E-state index contributed by atoms with van der Waals surface area (Å²) in [5, 5.41) is 13.9. The Balaban J connectivity index is 2.23. The standard InChI is InChI=1S/C13H17N3O5S/c1-22(20,21)11-6-4-5-10(13(11)16(18)19)14-9-12(17)15-7-2-3-8-15/h4-6,14H,2-3,7-9H2,1H3. The van der Waals surface area contributed by atoms with Gasteiger partial charge in [-0.3, -0.25) is 14.9 Å². The van der Waals surface area contributed by atoms with Gasteiger partial charge in [-0.25, -0.2) is 8.42 Å². The van der Waals surface area contributed by atoms with E-state index >= 15 is 0 Å². The number of sulfone groups is 1. The van der Waals surface area contributed by atoms with Gasteiger partial charge in [-0.1, -0.05) is 6.07 Å². The monoisotopic (exact) mass is 327 g/mol. The van der Waals surface area contributed by atoms with Gasteiger partial charge in [0.2, 0.25) is 5.91 Å². The molecule has 0 aliphatic carbocycles. The molecule has 1 aromatic carbocycles. The smallest absolute Gasteiger partial charge is 0.310 e. The molecular formula is C13H17N3O5S. The third-order valence-corrected chi connectivity index (χ3v) is 4.60. The van der Waals surface area contributed by atoms with Gasteiger partial charge in [0, 0.05) is 19.3 Å². The van der Waals surface area contributed by atoms with Gasteiger partial charge < -0.3 is 10.2 Å². The van der Waals surface area contributed by atoms with Crippen LogP contribution in [0.2, 0.25) is 0 Å².